The Kier molecular flexibility index (Phi) is 4.89. The largest absolute Gasteiger partial charge is 0.310 e. The lowest BCUT2D eigenvalue weighted by molar-refractivity contribution is 0.206. The van der Waals surface area contributed by atoms with E-state index in [4.69, 9.17) is 5.26 Å². The summed E-state index contributed by atoms with van der Waals surface area (Å²) in [6.45, 7) is 6.29. The van der Waals surface area contributed by atoms with E-state index in [9.17, 15) is 4.39 Å². The van der Waals surface area contributed by atoms with Crippen molar-refractivity contribution in [2.24, 2.45) is 0 Å². The average Bonchev–Trinajstić information content (AvgIpc) is 2.47. The zero-order valence-corrected chi connectivity index (χ0v) is 11.3. The van der Waals surface area contributed by atoms with Crippen molar-refractivity contribution in [2.45, 2.75) is 32.4 Å². The van der Waals surface area contributed by atoms with Gasteiger partial charge in [-0.2, -0.15) is 5.26 Å². The van der Waals surface area contributed by atoms with E-state index in [1.807, 2.05) is 6.07 Å². The highest BCUT2D eigenvalue weighted by molar-refractivity contribution is 5.34. The fourth-order valence-corrected chi connectivity index (χ4v) is 2.48. The second-order valence-electron chi connectivity index (χ2n) is 5.02. The highest BCUT2D eigenvalue weighted by Gasteiger charge is 2.17. The van der Waals surface area contributed by atoms with Crippen LogP contribution in [0.15, 0.2) is 18.2 Å². The van der Waals surface area contributed by atoms with Crippen molar-refractivity contribution in [3.8, 4) is 6.07 Å². The van der Waals surface area contributed by atoms with Crippen molar-refractivity contribution >= 4 is 0 Å². The lowest BCUT2D eigenvalue weighted by atomic mass is 10.0. The highest BCUT2D eigenvalue weighted by atomic mass is 19.1. The molecule has 1 fully saturated rings. The standard InChI is InChI=1S/C15H20FN3/c1-2-19-7-5-14(6-8-19)18-11-12-3-4-15(16)13(9-12)10-17/h3-4,9,14,18H,2,5-8,11H2,1H3. The highest BCUT2D eigenvalue weighted by Crippen LogP contribution is 2.12. The number of rotatable bonds is 4. The predicted octanol–water partition coefficient (Wildman–Crippen LogP) is 2.27. The Morgan fingerprint density at radius 2 is 2.16 bits per heavy atom. The Labute approximate surface area is 114 Å². The number of benzene rings is 1. The molecule has 1 aromatic rings. The Morgan fingerprint density at radius 1 is 1.42 bits per heavy atom. The summed E-state index contributed by atoms with van der Waals surface area (Å²) in [6, 6.07) is 7.14. The number of nitriles is 1. The minimum absolute atomic E-state index is 0.125. The number of nitrogens with zero attached hydrogens (tertiary/aromatic N) is 2. The molecule has 4 heteroatoms. The van der Waals surface area contributed by atoms with Gasteiger partial charge in [-0.15, -0.1) is 0 Å². The molecule has 1 aliphatic rings. The molecule has 0 unspecified atom stereocenters. The third-order valence-corrected chi connectivity index (χ3v) is 3.78. The summed E-state index contributed by atoms with van der Waals surface area (Å²) >= 11 is 0. The van der Waals surface area contributed by atoms with Gasteiger partial charge in [0.1, 0.15) is 11.9 Å². The van der Waals surface area contributed by atoms with Crippen molar-refractivity contribution in [3.63, 3.8) is 0 Å². The number of hydrogen-bond donors (Lipinski definition) is 1. The Balaban J connectivity index is 1.85. The van der Waals surface area contributed by atoms with Gasteiger partial charge in [-0.1, -0.05) is 13.0 Å². The van der Waals surface area contributed by atoms with Crippen LogP contribution >= 0.6 is 0 Å². The molecule has 0 aliphatic carbocycles. The molecule has 1 aromatic carbocycles. The van der Waals surface area contributed by atoms with Crippen LogP contribution in [0.25, 0.3) is 0 Å². The van der Waals surface area contributed by atoms with Crippen LogP contribution < -0.4 is 5.32 Å². The van der Waals surface area contributed by atoms with E-state index >= 15 is 0 Å². The van der Waals surface area contributed by atoms with Crippen molar-refractivity contribution in [1.82, 2.24) is 10.2 Å². The summed E-state index contributed by atoms with van der Waals surface area (Å²) in [5, 5.41) is 12.3. The maximum Gasteiger partial charge on any atom is 0.140 e. The molecule has 1 aliphatic heterocycles. The summed E-state index contributed by atoms with van der Waals surface area (Å²) < 4.78 is 13.2. The van der Waals surface area contributed by atoms with E-state index in [-0.39, 0.29) is 5.56 Å². The molecule has 3 nitrogen and oxygen atoms in total. The van der Waals surface area contributed by atoms with E-state index in [1.54, 1.807) is 12.1 Å². The average molecular weight is 261 g/mol. The monoisotopic (exact) mass is 261 g/mol. The first kappa shape index (κ1) is 14.0. The first-order valence-electron chi connectivity index (χ1n) is 6.87. The quantitative estimate of drug-likeness (QED) is 0.903. The van der Waals surface area contributed by atoms with Gasteiger partial charge in [-0.3, -0.25) is 0 Å². The second kappa shape index (κ2) is 6.65. The van der Waals surface area contributed by atoms with Gasteiger partial charge in [0.2, 0.25) is 0 Å². The second-order valence-corrected chi connectivity index (χ2v) is 5.02. The van der Waals surface area contributed by atoms with Crippen LogP contribution in [-0.4, -0.2) is 30.6 Å². The van der Waals surface area contributed by atoms with Gasteiger partial charge in [0.05, 0.1) is 5.56 Å². The van der Waals surface area contributed by atoms with Crippen molar-refractivity contribution < 1.29 is 4.39 Å². The summed E-state index contributed by atoms with van der Waals surface area (Å²) in [5.41, 5.74) is 1.09. The van der Waals surface area contributed by atoms with E-state index in [1.165, 1.54) is 6.07 Å². The van der Waals surface area contributed by atoms with Crippen LogP contribution in [0.4, 0.5) is 4.39 Å². The summed E-state index contributed by atoms with van der Waals surface area (Å²) in [4.78, 5) is 2.45. The third kappa shape index (κ3) is 3.76. The molecule has 0 spiro atoms. The minimum Gasteiger partial charge on any atom is -0.310 e. The first-order valence-corrected chi connectivity index (χ1v) is 6.87. The fraction of sp³-hybridized carbons (Fsp3) is 0.533. The van der Waals surface area contributed by atoms with Crippen molar-refractivity contribution in [1.29, 1.82) is 5.26 Å². The van der Waals surface area contributed by atoms with Gasteiger partial charge in [-0.05, 0) is 50.2 Å². The summed E-state index contributed by atoms with van der Waals surface area (Å²) in [7, 11) is 0. The number of likely N-dealkylation sites (tertiary alicyclic amines) is 1. The van der Waals surface area contributed by atoms with E-state index in [0.717, 1.165) is 38.0 Å². The Bertz CT molecular complexity index is 459. The van der Waals surface area contributed by atoms with Crippen LogP contribution in [0.1, 0.15) is 30.9 Å². The fourth-order valence-electron chi connectivity index (χ4n) is 2.48. The first-order chi connectivity index (χ1) is 9.22. The van der Waals surface area contributed by atoms with Gasteiger partial charge in [0, 0.05) is 12.6 Å². The lowest BCUT2D eigenvalue weighted by Gasteiger charge is -2.31. The number of hydrogen-bond acceptors (Lipinski definition) is 3. The molecule has 0 saturated carbocycles. The maximum atomic E-state index is 13.2. The predicted molar refractivity (Wildman–Crippen MR) is 73.1 cm³/mol. The molecule has 102 valence electrons. The maximum absolute atomic E-state index is 13.2. The normalized spacial score (nSPS) is 17.3. The lowest BCUT2D eigenvalue weighted by Crippen LogP contribution is -2.42. The smallest absolute Gasteiger partial charge is 0.140 e. The minimum atomic E-state index is -0.442. The molecule has 0 amide bonds. The molecule has 2 rings (SSSR count). The van der Waals surface area contributed by atoms with Crippen LogP contribution in [-0.2, 0) is 6.54 Å². The third-order valence-electron chi connectivity index (χ3n) is 3.78. The molecular formula is C15H20FN3. The molecule has 0 bridgehead atoms. The molecule has 1 saturated heterocycles. The SMILES string of the molecule is CCN1CCC(NCc2ccc(F)c(C#N)c2)CC1. The van der Waals surface area contributed by atoms with Crippen LogP contribution in [0.3, 0.4) is 0 Å². The number of halogens is 1. The van der Waals surface area contributed by atoms with E-state index < -0.39 is 5.82 Å². The van der Waals surface area contributed by atoms with Gasteiger partial charge >= 0.3 is 0 Å². The van der Waals surface area contributed by atoms with E-state index in [0.29, 0.717) is 12.6 Å². The molecule has 0 radical (unpaired) electrons. The number of nitrogens with one attached hydrogen (secondary N) is 1. The molecule has 1 N–H and O–H groups in total. The van der Waals surface area contributed by atoms with Crippen molar-refractivity contribution in [3.05, 3.63) is 35.1 Å². The summed E-state index contributed by atoms with van der Waals surface area (Å²) in [5.74, 6) is -0.442. The molecule has 19 heavy (non-hydrogen) atoms. The zero-order chi connectivity index (χ0) is 13.7. The Morgan fingerprint density at radius 3 is 2.79 bits per heavy atom. The number of piperidine rings is 1. The van der Waals surface area contributed by atoms with Crippen molar-refractivity contribution in [2.75, 3.05) is 19.6 Å². The zero-order valence-electron chi connectivity index (χ0n) is 11.3. The van der Waals surface area contributed by atoms with Crippen LogP contribution in [0, 0.1) is 17.1 Å². The van der Waals surface area contributed by atoms with Crippen LogP contribution in [0.2, 0.25) is 0 Å². The summed E-state index contributed by atoms with van der Waals surface area (Å²) in [6.07, 6.45) is 2.31. The van der Waals surface area contributed by atoms with Gasteiger partial charge in [-0.25, -0.2) is 4.39 Å². The molecule has 0 atom stereocenters. The van der Waals surface area contributed by atoms with E-state index in [2.05, 4.69) is 17.1 Å². The van der Waals surface area contributed by atoms with Gasteiger partial charge in [0.25, 0.3) is 0 Å². The topological polar surface area (TPSA) is 39.1 Å². The van der Waals surface area contributed by atoms with Gasteiger partial charge < -0.3 is 10.2 Å². The molecule has 1 heterocycles. The Hall–Kier alpha value is -1.44. The molecular weight excluding hydrogens is 241 g/mol. The van der Waals surface area contributed by atoms with Crippen LogP contribution in [0.5, 0.6) is 0 Å². The molecule has 0 aromatic heterocycles. The van der Waals surface area contributed by atoms with Gasteiger partial charge in [0.15, 0.2) is 0 Å².